The number of nitrogens with zero attached hydrogens (tertiary/aromatic N) is 2. The number of β-lactam (4-membered cyclic amide) rings is 1. The fraction of sp³-hybridized carbons (Fsp3) is 0.130. The van der Waals surface area contributed by atoms with Gasteiger partial charge in [-0.05, 0) is 48.9 Å². The number of non-ortho nitro benzene ring substituents is 1. The Morgan fingerprint density at radius 2 is 1.60 bits per heavy atom. The van der Waals surface area contributed by atoms with Crippen LogP contribution < -0.4 is 4.90 Å². The minimum atomic E-state index is -0.440. The Bertz CT molecular complexity index is 1100. The lowest BCUT2D eigenvalue weighted by Crippen LogP contribution is -2.57. The van der Waals surface area contributed by atoms with Gasteiger partial charge < -0.3 is 4.90 Å². The predicted molar refractivity (Wildman–Crippen MR) is 116 cm³/mol. The van der Waals surface area contributed by atoms with Crippen molar-refractivity contribution in [3.63, 3.8) is 0 Å². The number of amides is 1. The van der Waals surface area contributed by atoms with Crippen molar-refractivity contribution in [3.05, 3.63) is 100 Å². The van der Waals surface area contributed by atoms with Gasteiger partial charge in [-0.25, -0.2) is 0 Å². The van der Waals surface area contributed by atoms with E-state index in [0.29, 0.717) is 11.3 Å². The molecule has 6 nitrogen and oxygen atoms in total. The standard InChI is InChI=1S/C23H18N2O4S/c1-15(26)16-7-11-18(12-8-16)24-21(17-9-13-19(14-10-17)25(28)29)22(23(24)27)30-20-5-3-2-4-6-20/h2-14,21-22H,1H3/t21-,22-/m0/s1. The summed E-state index contributed by atoms with van der Waals surface area (Å²) in [5, 5.41) is 10.7. The number of carbonyl (C=O) groups is 2. The third-order valence-corrected chi connectivity index (χ3v) is 6.31. The van der Waals surface area contributed by atoms with Crippen molar-refractivity contribution in [1.29, 1.82) is 0 Å². The number of anilines is 1. The Morgan fingerprint density at radius 3 is 2.17 bits per heavy atom. The van der Waals surface area contributed by atoms with E-state index in [9.17, 15) is 19.7 Å². The SMILES string of the molecule is CC(=O)c1ccc(N2C(=O)[C@@H](Sc3ccccc3)[C@@H]2c2ccc([N+](=O)[O-])cc2)cc1. The van der Waals surface area contributed by atoms with Crippen LogP contribution in [0.1, 0.15) is 28.9 Å². The molecule has 0 aromatic heterocycles. The number of hydrogen-bond donors (Lipinski definition) is 0. The molecule has 0 unspecified atom stereocenters. The molecule has 1 aliphatic heterocycles. The molecular weight excluding hydrogens is 400 g/mol. The highest BCUT2D eigenvalue weighted by Gasteiger charge is 2.49. The molecule has 1 amide bonds. The van der Waals surface area contributed by atoms with Gasteiger partial charge in [-0.1, -0.05) is 30.3 Å². The minimum Gasteiger partial charge on any atom is -0.302 e. The average molecular weight is 418 g/mol. The second-order valence-electron chi connectivity index (χ2n) is 6.96. The first-order valence-corrected chi connectivity index (χ1v) is 10.2. The Hall–Kier alpha value is -3.45. The molecule has 1 fully saturated rings. The summed E-state index contributed by atoms with van der Waals surface area (Å²) in [4.78, 5) is 37.9. The van der Waals surface area contributed by atoms with Gasteiger partial charge in [-0.2, -0.15) is 0 Å². The molecule has 1 saturated heterocycles. The second-order valence-corrected chi connectivity index (χ2v) is 8.17. The zero-order valence-corrected chi connectivity index (χ0v) is 16.9. The molecule has 0 aliphatic carbocycles. The van der Waals surface area contributed by atoms with Crippen molar-refractivity contribution in [2.75, 3.05) is 4.90 Å². The van der Waals surface area contributed by atoms with E-state index in [1.165, 1.54) is 30.8 Å². The first-order chi connectivity index (χ1) is 14.5. The van der Waals surface area contributed by atoms with Gasteiger partial charge in [0.2, 0.25) is 5.91 Å². The third-order valence-electron chi connectivity index (χ3n) is 5.05. The molecule has 7 heteroatoms. The normalized spacial score (nSPS) is 18.0. The van der Waals surface area contributed by atoms with E-state index in [1.807, 2.05) is 30.3 Å². The highest BCUT2D eigenvalue weighted by Crippen LogP contribution is 2.47. The number of ketones is 1. The van der Waals surface area contributed by atoms with Crippen LogP contribution >= 0.6 is 11.8 Å². The van der Waals surface area contributed by atoms with Crippen LogP contribution in [0, 0.1) is 10.1 Å². The summed E-state index contributed by atoms with van der Waals surface area (Å²) in [5.41, 5.74) is 2.10. The molecule has 0 N–H and O–H groups in total. The van der Waals surface area contributed by atoms with Gasteiger partial charge in [0.15, 0.2) is 5.78 Å². The maximum absolute atomic E-state index is 13.1. The molecule has 3 aromatic carbocycles. The van der Waals surface area contributed by atoms with Gasteiger partial charge in [0.1, 0.15) is 5.25 Å². The molecule has 2 atom stereocenters. The number of Topliss-reactive ketones (excluding diaryl/α,β-unsaturated/α-hetero) is 1. The van der Waals surface area contributed by atoms with Gasteiger partial charge in [0, 0.05) is 28.3 Å². The fourth-order valence-electron chi connectivity index (χ4n) is 3.48. The summed E-state index contributed by atoms with van der Waals surface area (Å²) in [7, 11) is 0. The summed E-state index contributed by atoms with van der Waals surface area (Å²) in [6.45, 7) is 1.50. The van der Waals surface area contributed by atoms with Crippen molar-refractivity contribution in [2.24, 2.45) is 0 Å². The molecule has 0 bridgehead atoms. The topological polar surface area (TPSA) is 80.5 Å². The zero-order chi connectivity index (χ0) is 21.3. The molecule has 150 valence electrons. The van der Waals surface area contributed by atoms with Crippen LogP contribution in [0.2, 0.25) is 0 Å². The predicted octanol–water partition coefficient (Wildman–Crippen LogP) is 5.05. The summed E-state index contributed by atoms with van der Waals surface area (Å²) in [5.74, 6) is -0.0799. The number of carbonyl (C=O) groups excluding carboxylic acids is 2. The zero-order valence-electron chi connectivity index (χ0n) is 16.1. The molecule has 3 aromatic rings. The van der Waals surface area contributed by atoms with E-state index >= 15 is 0 Å². The van der Waals surface area contributed by atoms with Crippen LogP contribution in [0.15, 0.2) is 83.8 Å². The van der Waals surface area contributed by atoms with Crippen molar-refractivity contribution in [2.45, 2.75) is 23.1 Å². The third kappa shape index (κ3) is 3.71. The maximum Gasteiger partial charge on any atom is 0.269 e. The summed E-state index contributed by atoms with van der Waals surface area (Å²) >= 11 is 1.48. The van der Waals surface area contributed by atoms with E-state index < -0.39 is 4.92 Å². The lowest BCUT2D eigenvalue weighted by molar-refractivity contribution is -0.384. The Balaban J connectivity index is 1.68. The van der Waals surface area contributed by atoms with Crippen LogP contribution in [0.25, 0.3) is 0 Å². The summed E-state index contributed by atoms with van der Waals surface area (Å²) in [6, 6.07) is 22.6. The van der Waals surface area contributed by atoms with Crippen LogP contribution in [-0.2, 0) is 4.79 Å². The highest BCUT2D eigenvalue weighted by molar-refractivity contribution is 8.00. The van der Waals surface area contributed by atoms with Crippen molar-refractivity contribution in [1.82, 2.24) is 0 Å². The van der Waals surface area contributed by atoms with Gasteiger partial charge in [0.05, 0.1) is 11.0 Å². The minimum absolute atomic E-state index is 0.00836. The van der Waals surface area contributed by atoms with Gasteiger partial charge >= 0.3 is 0 Å². The van der Waals surface area contributed by atoms with E-state index in [1.54, 1.807) is 41.3 Å². The van der Waals surface area contributed by atoms with Gasteiger partial charge in [0.25, 0.3) is 5.69 Å². The Labute approximate surface area is 177 Å². The lowest BCUT2D eigenvalue weighted by Gasteiger charge is -2.47. The number of hydrogen-bond acceptors (Lipinski definition) is 5. The lowest BCUT2D eigenvalue weighted by atomic mass is 9.92. The molecular formula is C23H18N2O4S. The molecule has 0 spiro atoms. The first kappa shape index (κ1) is 19.8. The van der Waals surface area contributed by atoms with Crippen LogP contribution in [-0.4, -0.2) is 21.9 Å². The molecule has 1 heterocycles. The van der Waals surface area contributed by atoms with E-state index in [2.05, 4.69) is 0 Å². The molecule has 1 aliphatic rings. The Morgan fingerprint density at radius 1 is 0.967 bits per heavy atom. The van der Waals surface area contributed by atoms with Crippen LogP contribution in [0.3, 0.4) is 0 Å². The van der Waals surface area contributed by atoms with E-state index in [0.717, 1.165) is 10.5 Å². The van der Waals surface area contributed by atoms with E-state index in [-0.39, 0.29) is 28.7 Å². The second kappa shape index (κ2) is 8.12. The first-order valence-electron chi connectivity index (χ1n) is 9.36. The highest BCUT2D eigenvalue weighted by atomic mass is 32.2. The van der Waals surface area contributed by atoms with Gasteiger partial charge in [-0.3, -0.25) is 19.7 Å². The molecule has 30 heavy (non-hydrogen) atoms. The van der Waals surface area contributed by atoms with Crippen LogP contribution in [0.5, 0.6) is 0 Å². The average Bonchev–Trinajstić information content (AvgIpc) is 2.76. The Kier molecular flexibility index (Phi) is 5.37. The van der Waals surface area contributed by atoms with E-state index in [4.69, 9.17) is 0 Å². The number of nitro benzene ring substituents is 1. The van der Waals surface area contributed by atoms with Crippen LogP contribution in [0.4, 0.5) is 11.4 Å². The fourth-order valence-corrected chi connectivity index (χ4v) is 4.71. The van der Waals surface area contributed by atoms with Crippen molar-refractivity contribution >= 4 is 34.8 Å². The monoisotopic (exact) mass is 418 g/mol. The number of nitro groups is 1. The number of rotatable bonds is 6. The summed E-state index contributed by atoms with van der Waals surface area (Å²) < 4.78 is 0. The van der Waals surface area contributed by atoms with Crippen molar-refractivity contribution in [3.8, 4) is 0 Å². The smallest absolute Gasteiger partial charge is 0.269 e. The quantitative estimate of drug-likeness (QED) is 0.242. The number of thioether (sulfide) groups is 1. The summed E-state index contributed by atoms with van der Waals surface area (Å²) in [6.07, 6.45) is 0. The van der Waals surface area contributed by atoms with Gasteiger partial charge in [-0.15, -0.1) is 11.8 Å². The largest absolute Gasteiger partial charge is 0.302 e. The molecule has 0 saturated carbocycles. The molecule has 0 radical (unpaired) electrons. The maximum atomic E-state index is 13.1. The van der Waals surface area contributed by atoms with Crippen molar-refractivity contribution < 1.29 is 14.5 Å². The number of benzene rings is 3. The molecule has 4 rings (SSSR count).